The van der Waals surface area contributed by atoms with Crippen LogP contribution >= 0.6 is 0 Å². The maximum absolute atomic E-state index is 12.3. The molecule has 164 valence electrons. The molecule has 0 aromatic heterocycles. The van der Waals surface area contributed by atoms with Crippen LogP contribution in [0.4, 0.5) is 0 Å². The van der Waals surface area contributed by atoms with Crippen LogP contribution in [0.25, 0.3) is 0 Å². The fraction of sp³-hybridized carbons (Fsp3) is 0.923. The average molecular weight is 403 g/mol. The number of unbranched alkanes of at least 4 members (excludes halogenated alkanes) is 1. The Kier molecular flexibility index (Phi) is 5.90. The topological polar surface area (TPSA) is 43.4 Å². The van der Waals surface area contributed by atoms with Gasteiger partial charge in [0.05, 0.1) is 0 Å². The van der Waals surface area contributed by atoms with E-state index in [9.17, 15) is 9.59 Å². The van der Waals surface area contributed by atoms with Crippen LogP contribution in [0, 0.1) is 40.4 Å². The molecule has 0 spiro atoms. The molecule has 4 rings (SSSR count). The second-order valence-corrected chi connectivity index (χ2v) is 11.4. The lowest BCUT2D eigenvalue weighted by Crippen LogP contribution is -2.54. The van der Waals surface area contributed by atoms with Crippen LogP contribution in [0.3, 0.4) is 0 Å². The van der Waals surface area contributed by atoms with Crippen LogP contribution in [0.5, 0.6) is 0 Å². The molecule has 0 amide bonds. The first kappa shape index (κ1) is 21.4. The molecule has 0 aliphatic heterocycles. The number of fused-ring (bicyclic) bond motifs is 5. The van der Waals surface area contributed by atoms with E-state index in [-0.39, 0.29) is 17.5 Å². The number of hydrogen-bond acceptors (Lipinski definition) is 3. The number of carbonyl (C=O) groups excluding carboxylic acids is 2. The van der Waals surface area contributed by atoms with Gasteiger partial charge in [-0.3, -0.25) is 9.59 Å². The molecule has 4 aliphatic carbocycles. The molecule has 0 N–H and O–H groups in total. The second-order valence-electron chi connectivity index (χ2n) is 11.4. The quantitative estimate of drug-likeness (QED) is 0.504. The molecule has 29 heavy (non-hydrogen) atoms. The molecular formula is C26H42O3. The summed E-state index contributed by atoms with van der Waals surface area (Å²) in [5, 5.41) is 0. The summed E-state index contributed by atoms with van der Waals surface area (Å²) in [5.41, 5.74) is 0.660. The van der Waals surface area contributed by atoms with Gasteiger partial charge < -0.3 is 4.74 Å². The molecule has 0 bridgehead atoms. The van der Waals surface area contributed by atoms with Crippen LogP contribution in [-0.4, -0.2) is 17.9 Å². The van der Waals surface area contributed by atoms with Gasteiger partial charge in [-0.05, 0) is 106 Å². The van der Waals surface area contributed by atoms with Crippen molar-refractivity contribution in [1.82, 2.24) is 0 Å². The predicted molar refractivity (Wildman–Crippen MR) is 115 cm³/mol. The molecule has 0 heterocycles. The van der Waals surface area contributed by atoms with Gasteiger partial charge in [0.25, 0.3) is 0 Å². The molecule has 0 aromatic carbocycles. The van der Waals surface area contributed by atoms with Gasteiger partial charge in [-0.15, -0.1) is 0 Å². The second kappa shape index (κ2) is 8.00. The molecule has 3 nitrogen and oxygen atoms in total. The molecular weight excluding hydrogens is 360 g/mol. The number of esters is 1. The summed E-state index contributed by atoms with van der Waals surface area (Å²) >= 11 is 0. The third kappa shape index (κ3) is 3.59. The van der Waals surface area contributed by atoms with Crippen LogP contribution in [0.15, 0.2) is 0 Å². The number of hydrogen-bond donors (Lipinski definition) is 0. The number of ether oxygens (including phenoxy) is 1. The number of rotatable bonds is 5. The summed E-state index contributed by atoms with van der Waals surface area (Å²) in [6.45, 7) is 8.94. The Morgan fingerprint density at radius 2 is 1.66 bits per heavy atom. The summed E-state index contributed by atoms with van der Waals surface area (Å²) in [6.07, 6.45) is 13.6. The van der Waals surface area contributed by atoms with E-state index in [0.29, 0.717) is 29.5 Å². The third-order valence-electron chi connectivity index (χ3n) is 10.1. The average Bonchev–Trinajstić information content (AvgIpc) is 3.04. The van der Waals surface area contributed by atoms with Crippen LogP contribution in [0.2, 0.25) is 0 Å². The third-order valence-corrected chi connectivity index (χ3v) is 10.1. The Morgan fingerprint density at radius 3 is 2.38 bits per heavy atom. The molecule has 4 saturated carbocycles. The molecule has 8 atom stereocenters. The van der Waals surface area contributed by atoms with Crippen molar-refractivity contribution in [3.05, 3.63) is 0 Å². The first-order valence-electron chi connectivity index (χ1n) is 12.5. The van der Waals surface area contributed by atoms with Gasteiger partial charge in [-0.25, -0.2) is 0 Å². The van der Waals surface area contributed by atoms with Gasteiger partial charge in [0, 0.05) is 12.3 Å². The highest BCUT2D eigenvalue weighted by molar-refractivity contribution is 5.79. The maximum Gasteiger partial charge on any atom is 0.306 e. The van der Waals surface area contributed by atoms with E-state index >= 15 is 0 Å². The van der Waals surface area contributed by atoms with Crippen molar-refractivity contribution < 1.29 is 14.3 Å². The molecule has 0 saturated heterocycles. The first-order valence-corrected chi connectivity index (χ1v) is 12.5. The number of carbonyl (C=O) groups is 2. The highest BCUT2D eigenvalue weighted by atomic mass is 16.5. The van der Waals surface area contributed by atoms with Crippen LogP contribution in [0.1, 0.15) is 105 Å². The molecule has 0 aromatic rings. The van der Waals surface area contributed by atoms with Gasteiger partial charge in [0.1, 0.15) is 11.9 Å². The normalized spacial score (nSPS) is 46.3. The lowest BCUT2D eigenvalue weighted by atomic mass is 9.44. The Bertz CT molecular complexity index is 642. The SMILES string of the molecule is CCCCC(=O)O[C@H]1CC[C@@]2(C)[C@@H](CC[C@@H]3[C@@H]2CC[C@]2(C)[C@@H](C(C)=O)CC[C@@H]32)C1. The Hall–Kier alpha value is -0.860. The Balaban J connectivity index is 1.44. The first-order chi connectivity index (χ1) is 13.8. The van der Waals surface area contributed by atoms with Crippen molar-refractivity contribution >= 4 is 11.8 Å². The minimum absolute atomic E-state index is 0.0174. The molecule has 0 unspecified atom stereocenters. The fourth-order valence-corrected chi connectivity index (χ4v) is 8.56. The van der Waals surface area contributed by atoms with Crippen LogP contribution < -0.4 is 0 Å². The zero-order valence-electron chi connectivity index (χ0n) is 19.2. The minimum Gasteiger partial charge on any atom is -0.462 e. The lowest BCUT2D eigenvalue weighted by molar-refractivity contribution is -0.163. The van der Waals surface area contributed by atoms with Gasteiger partial charge in [0.15, 0.2) is 0 Å². The minimum atomic E-state index is 0.0174. The van der Waals surface area contributed by atoms with Crippen molar-refractivity contribution in [2.24, 2.45) is 40.4 Å². The highest BCUT2D eigenvalue weighted by Gasteiger charge is 2.60. The Morgan fingerprint density at radius 1 is 0.931 bits per heavy atom. The van der Waals surface area contributed by atoms with E-state index in [1.54, 1.807) is 0 Å². The molecule has 4 aliphatic rings. The largest absolute Gasteiger partial charge is 0.462 e. The van der Waals surface area contributed by atoms with Crippen molar-refractivity contribution in [3.8, 4) is 0 Å². The van der Waals surface area contributed by atoms with E-state index in [4.69, 9.17) is 4.74 Å². The maximum atomic E-state index is 12.3. The van der Waals surface area contributed by atoms with Crippen molar-refractivity contribution in [2.45, 2.75) is 111 Å². The molecule has 3 heteroatoms. The van der Waals surface area contributed by atoms with Crippen molar-refractivity contribution in [3.63, 3.8) is 0 Å². The van der Waals surface area contributed by atoms with E-state index in [1.165, 1.54) is 38.5 Å². The number of ketones is 1. The Labute approximate surface area is 177 Å². The van der Waals surface area contributed by atoms with E-state index in [2.05, 4.69) is 20.8 Å². The summed E-state index contributed by atoms with van der Waals surface area (Å²) in [5.74, 6) is 3.82. The summed E-state index contributed by atoms with van der Waals surface area (Å²) in [7, 11) is 0. The van der Waals surface area contributed by atoms with E-state index < -0.39 is 0 Å². The standard InChI is InChI=1S/C26H42O3/c1-5-6-7-24(28)29-19-12-14-25(3)18(16-19)8-9-20-22-11-10-21(17(2)27)26(22,4)15-13-23(20)25/h18-23H,5-16H2,1-4H3/t18-,19-,20-,21+,22-,23-,25-,26+/m0/s1. The van der Waals surface area contributed by atoms with Crippen molar-refractivity contribution in [1.29, 1.82) is 0 Å². The van der Waals surface area contributed by atoms with E-state index in [1.807, 2.05) is 6.92 Å². The highest BCUT2D eigenvalue weighted by Crippen LogP contribution is 2.67. The summed E-state index contributed by atoms with van der Waals surface area (Å²) in [4.78, 5) is 24.4. The monoisotopic (exact) mass is 402 g/mol. The zero-order chi connectivity index (χ0) is 20.8. The molecule has 0 radical (unpaired) electrons. The fourth-order valence-electron chi connectivity index (χ4n) is 8.56. The summed E-state index contributed by atoms with van der Waals surface area (Å²) < 4.78 is 5.87. The van der Waals surface area contributed by atoms with E-state index in [0.717, 1.165) is 49.9 Å². The summed E-state index contributed by atoms with van der Waals surface area (Å²) in [6, 6.07) is 0. The van der Waals surface area contributed by atoms with Crippen molar-refractivity contribution in [2.75, 3.05) is 0 Å². The lowest BCUT2D eigenvalue weighted by Gasteiger charge is -2.61. The smallest absolute Gasteiger partial charge is 0.306 e. The number of Topliss-reactive ketones (excluding diaryl/α,β-unsaturated/α-hetero) is 1. The van der Waals surface area contributed by atoms with Crippen LogP contribution in [-0.2, 0) is 14.3 Å². The predicted octanol–water partition coefficient (Wildman–Crippen LogP) is 6.34. The van der Waals surface area contributed by atoms with Gasteiger partial charge in [-0.2, -0.15) is 0 Å². The molecule has 4 fully saturated rings. The van der Waals surface area contributed by atoms with Gasteiger partial charge in [0.2, 0.25) is 0 Å². The zero-order valence-corrected chi connectivity index (χ0v) is 19.2. The van der Waals surface area contributed by atoms with Gasteiger partial charge in [-0.1, -0.05) is 27.2 Å². The van der Waals surface area contributed by atoms with Gasteiger partial charge >= 0.3 is 5.97 Å².